The third-order valence-corrected chi connectivity index (χ3v) is 7.43. The van der Waals surface area contributed by atoms with E-state index in [0.717, 1.165) is 18.4 Å². The number of hydrogen-bond acceptors (Lipinski definition) is 5. The summed E-state index contributed by atoms with van der Waals surface area (Å²) in [7, 11) is -2.18. The average Bonchev–Trinajstić information content (AvgIpc) is 3.57. The van der Waals surface area contributed by atoms with E-state index in [0.29, 0.717) is 37.7 Å². The molecular formula is C21H24N2O5S. The highest BCUT2D eigenvalue weighted by Crippen LogP contribution is 2.49. The Labute approximate surface area is 170 Å². The number of nitrogens with one attached hydrogen (secondary N) is 1. The SMILES string of the molecule is COc1ccc(S(=O)(=O)N2CCOCC2)cc1NC(=O)C1(c2ccccc2)CC1. The Kier molecular flexibility index (Phi) is 5.33. The first-order chi connectivity index (χ1) is 14.0. The van der Waals surface area contributed by atoms with E-state index in [1.807, 2.05) is 30.3 Å². The van der Waals surface area contributed by atoms with Crippen molar-refractivity contribution in [2.24, 2.45) is 0 Å². The fourth-order valence-corrected chi connectivity index (χ4v) is 5.09. The molecule has 1 aliphatic carbocycles. The molecule has 2 fully saturated rings. The molecule has 0 spiro atoms. The minimum atomic E-state index is -3.67. The second kappa shape index (κ2) is 7.78. The van der Waals surface area contributed by atoms with Gasteiger partial charge < -0.3 is 14.8 Å². The summed E-state index contributed by atoms with van der Waals surface area (Å²) in [5, 5.41) is 2.91. The summed E-state index contributed by atoms with van der Waals surface area (Å²) in [5.41, 5.74) is 0.758. The molecule has 1 amide bonds. The van der Waals surface area contributed by atoms with Gasteiger partial charge in [-0.2, -0.15) is 4.31 Å². The van der Waals surface area contributed by atoms with Crippen LogP contribution >= 0.6 is 0 Å². The summed E-state index contributed by atoms with van der Waals surface area (Å²) in [5.74, 6) is 0.269. The third-order valence-electron chi connectivity index (χ3n) is 5.54. The topological polar surface area (TPSA) is 84.9 Å². The van der Waals surface area contributed by atoms with Gasteiger partial charge in [-0.15, -0.1) is 0 Å². The van der Waals surface area contributed by atoms with Crippen molar-refractivity contribution in [3.8, 4) is 5.75 Å². The van der Waals surface area contributed by atoms with Crippen molar-refractivity contribution in [3.05, 3.63) is 54.1 Å². The number of hydrogen-bond donors (Lipinski definition) is 1. The molecule has 154 valence electrons. The predicted octanol–water partition coefficient (Wildman–Crippen LogP) is 2.39. The molecular weight excluding hydrogens is 392 g/mol. The van der Waals surface area contributed by atoms with E-state index < -0.39 is 15.4 Å². The summed E-state index contributed by atoms with van der Waals surface area (Å²) < 4.78 is 37.9. The Balaban J connectivity index is 1.62. The standard InChI is InChI=1S/C21H24N2O5S/c1-27-19-8-7-17(29(25,26)23-11-13-28-14-12-23)15-18(19)22-20(24)21(9-10-21)16-5-3-2-4-6-16/h2-8,15H,9-14H2,1H3,(H,22,24). The van der Waals surface area contributed by atoms with Crippen LogP contribution in [-0.2, 0) is 25.0 Å². The molecule has 1 saturated carbocycles. The summed E-state index contributed by atoms with van der Waals surface area (Å²) >= 11 is 0. The lowest BCUT2D eigenvalue weighted by Gasteiger charge is -2.26. The highest BCUT2D eigenvalue weighted by Gasteiger charge is 2.51. The highest BCUT2D eigenvalue weighted by molar-refractivity contribution is 7.89. The molecule has 0 radical (unpaired) electrons. The third kappa shape index (κ3) is 3.75. The number of benzene rings is 2. The summed E-state index contributed by atoms with van der Waals surface area (Å²) in [4.78, 5) is 13.2. The molecule has 0 atom stereocenters. The van der Waals surface area contributed by atoms with Gasteiger partial charge in [0.15, 0.2) is 0 Å². The van der Waals surface area contributed by atoms with Gasteiger partial charge in [-0.1, -0.05) is 30.3 Å². The number of ether oxygens (including phenoxy) is 2. The molecule has 1 saturated heterocycles. The molecule has 1 aliphatic heterocycles. The first kappa shape index (κ1) is 19.9. The van der Waals surface area contributed by atoms with Crippen LogP contribution in [0.1, 0.15) is 18.4 Å². The molecule has 7 nitrogen and oxygen atoms in total. The van der Waals surface area contributed by atoms with Gasteiger partial charge in [0, 0.05) is 13.1 Å². The zero-order valence-electron chi connectivity index (χ0n) is 16.3. The Morgan fingerprint density at radius 3 is 2.41 bits per heavy atom. The van der Waals surface area contributed by atoms with Crippen LogP contribution in [0.3, 0.4) is 0 Å². The Bertz CT molecular complexity index is 997. The van der Waals surface area contributed by atoms with Crippen LogP contribution in [0, 0.1) is 0 Å². The summed E-state index contributed by atoms with van der Waals surface area (Å²) in [6.07, 6.45) is 1.52. The number of rotatable bonds is 6. The van der Waals surface area contributed by atoms with Crippen molar-refractivity contribution in [3.63, 3.8) is 0 Å². The van der Waals surface area contributed by atoms with Crippen LogP contribution in [0.2, 0.25) is 0 Å². The Morgan fingerprint density at radius 1 is 1.10 bits per heavy atom. The average molecular weight is 416 g/mol. The number of methoxy groups -OCH3 is 1. The minimum Gasteiger partial charge on any atom is -0.495 e. The van der Waals surface area contributed by atoms with E-state index in [-0.39, 0.29) is 10.8 Å². The number of anilines is 1. The van der Waals surface area contributed by atoms with Gasteiger partial charge in [0.1, 0.15) is 5.75 Å². The van der Waals surface area contributed by atoms with E-state index in [2.05, 4.69) is 5.32 Å². The first-order valence-electron chi connectivity index (χ1n) is 9.60. The van der Waals surface area contributed by atoms with Gasteiger partial charge in [-0.3, -0.25) is 4.79 Å². The zero-order chi connectivity index (χ0) is 20.5. The first-order valence-corrected chi connectivity index (χ1v) is 11.0. The van der Waals surface area contributed by atoms with Gasteiger partial charge in [-0.05, 0) is 36.6 Å². The van der Waals surface area contributed by atoms with Crippen molar-refractivity contribution in [1.82, 2.24) is 4.31 Å². The van der Waals surface area contributed by atoms with E-state index in [1.165, 1.54) is 23.5 Å². The smallest absolute Gasteiger partial charge is 0.243 e. The lowest BCUT2D eigenvalue weighted by atomic mass is 9.95. The van der Waals surface area contributed by atoms with E-state index in [9.17, 15) is 13.2 Å². The maximum absolute atomic E-state index is 13.1. The van der Waals surface area contributed by atoms with Crippen molar-refractivity contribution in [1.29, 1.82) is 0 Å². The fourth-order valence-electron chi connectivity index (χ4n) is 3.65. The molecule has 1 heterocycles. The van der Waals surface area contributed by atoms with Gasteiger partial charge in [0.05, 0.1) is 36.3 Å². The van der Waals surface area contributed by atoms with Crippen LogP contribution in [0.25, 0.3) is 0 Å². The number of carbonyl (C=O) groups is 1. The molecule has 8 heteroatoms. The lowest BCUT2D eigenvalue weighted by Crippen LogP contribution is -2.40. The van der Waals surface area contributed by atoms with Crippen LogP contribution in [0.5, 0.6) is 5.75 Å². The van der Waals surface area contributed by atoms with Gasteiger partial charge in [0.25, 0.3) is 0 Å². The monoisotopic (exact) mass is 416 g/mol. The molecule has 29 heavy (non-hydrogen) atoms. The molecule has 4 rings (SSSR count). The zero-order valence-corrected chi connectivity index (χ0v) is 17.1. The molecule has 2 aromatic carbocycles. The Morgan fingerprint density at radius 2 is 1.79 bits per heavy atom. The molecule has 0 bridgehead atoms. The predicted molar refractivity (Wildman–Crippen MR) is 109 cm³/mol. The van der Waals surface area contributed by atoms with Crippen molar-refractivity contribution in [2.75, 3.05) is 38.7 Å². The maximum Gasteiger partial charge on any atom is 0.243 e. The van der Waals surface area contributed by atoms with Crippen LogP contribution < -0.4 is 10.1 Å². The molecule has 0 unspecified atom stereocenters. The summed E-state index contributed by atoms with van der Waals surface area (Å²) in [6.45, 7) is 1.37. The minimum absolute atomic E-state index is 0.125. The number of nitrogens with zero attached hydrogens (tertiary/aromatic N) is 1. The largest absolute Gasteiger partial charge is 0.495 e. The second-order valence-electron chi connectivity index (χ2n) is 7.28. The molecule has 2 aromatic rings. The number of morpholine rings is 1. The number of carbonyl (C=O) groups excluding carboxylic acids is 1. The lowest BCUT2D eigenvalue weighted by molar-refractivity contribution is -0.118. The van der Waals surface area contributed by atoms with Crippen LogP contribution in [-0.4, -0.2) is 52.0 Å². The molecule has 1 N–H and O–H groups in total. The number of sulfonamides is 1. The molecule has 2 aliphatic rings. The quantitative estimate of drug-likeness (QED) is 0.782. The molecule has 0 aromatic heterocycles. The Hall–Kier alpha value is -2.42. The van der Waals surface area contributed by atoms with Gasteiger partial charge in [-0.25, -0.2) is 8.42 Å². The normalized spacial score (nSPS) is 18.8. The van der Waals surface area contributed by atoms with Crippen molar-refractivity contribution < 1.29 is 22.7 Å². The van der Waals surface area contributed by atoms with Crippen LogP contribution in [0.15, 0.2) is 53.4 Å². The van der Waals surface area contributed by atoms with E-state index >= 15 is 0 Å². The maximum atomic E-state index is 13.1. The van der Waals surface area contributed by atoms with Gasteiger partial charge >= 0.3 is 0 Å². The highest BCUT2D eigenvalue weighted by atomic mass is 32.2. The van der Waals surface area contributed by atoms with Gasteiger partial charge in [0.2, 0.25) is 15.9 Å². The van der Waals surface area contributed by atoms with Crippen molar-refractivity contribution in [2.45, 2.75) is 23.2 Å². The number of amides is 1. The second-order valence-corrected chi connectivity index (χ2v) is 9.22. The van der Waals surface area contributed by atoms with Crippen LogP contribution in [0.4, 0.5) is 5.69 Å². The van der Waals surface area contributed by atoms with E-state index in [4.69, 9.17) is 9.47 Å². The summed E-state index contributed by atoms with van der Waals surface area (Å²) in [6, 6.07) is 14.2. The fraction of sp³-hybridized carbons (Fsp3) is 0.381. The van der Waals surface area contributed by atoms with E-state index in [1.54, 1.807) is 6.07 Å². The van der Waals surface area contributed by atoms with Crippen molar-refractivity contribution >= 4 is 21.6 Å².